The van der Waals surface area contributed by atoms with Crippen molar-refractivity contribution in [2.45, 2.75) is 26.3 Å². The quantitative estimate of drug-likeness (QED) is 0.752. The molecule has 19 heavy (non-hydrogen) atoms. The summed E-state index contributed by atoms with van der Waals surface area (Å²) in [5.74, 6) is -0.0497. The zero-order valence-corrected chi connectivity index (χ0v) is 12.1. The number of amides is 1. The molecule has 0 saturated heterocycles. The predicted molar refractivity (Wildman–Crippen MR) is 80.4 cm³/mol. The second kappa shape index (κ2) is 5.05. The third-order valence-electron chi connectivity index (χ3n) is 2.33. The van der Waals surface area contributed by atoms with Gasteiger partial charge in [-0.15, -0.1) is 0 Å². The van der Waals surface area contributed by atoms with Crippen molar-refractivity contribution in [3.63, 3.8) is 0 Å². The summed E-state index contributed by atoms with van der Waals surface area (Å²) in [5, 5.41) is 6.64. The van der Waals surface area contributed by atoms with E-state index in [0.29, 0.717) is 5.69 Å². The Kier molecular flexibility index (Phi) is 3.61. The molecule has 0 fully saturated rings. The van der Waals surface area contributed by atoms with E-state index in [9.17, 15) is 4.79 Å². The number of hydrogen-bond acceptors (Lipinski definition) is 5. The van der Waals surface area contributed by atoms with Crippen LogP contribution in [0, 0.1) is 0 Å². The maximum Gasteiger partial charge on any atom is 0.239 e. The highest BCUT2D eigenvalue weighted by Gasteiger charge is 2.13. The van der Waals surface area contributed by atoms with Crippen molar-refractivity contribution >= 4 is 38.3 Å². The van der Waals surface area contributed by atoms with Gasteiger partial charge in [-0.25, -0.2) is 4.98 Å². The molecule has 0 aliphatic heterocycles. The van der Waals surface area contributed by atoms with Gasteiger partial charge in [0.15, 0.2) is 5.13 Å². The first-order valence-electron chi connectivity index (χ1n) is 6.04. The van der Waals surface area contributed by atoms with E-state index < -0.39 is 0 Å². The van der Waals surface area contributed by atoms with Crippen molar-refractivity contribution in [2.75, 3.05) is 17.6 Å². The lowest BCUT2D eigenvalue weighted by atomic mass is 10.1. The Morgan fingerprint density at radius 2 is 2.16 bits per heavy atom. The number of hydrogen-bond donors (Lipinski definition) is 3. The monoisotopic (exact) mass is 278 g/mol. The van der Waals surface area contributed by atoms with Crippen molar-refractivity contribution in [2.24, 2.45) is 0 Å². The Labute approximate surface area is 116 Å². The molecule has 6 heteroatoms. The number of aromatic nitrogens is 1. The number of nitrogens with one attached hydrogen (secondary N) is 2. The number of carbonyl (C=O) groups excluding carboxylic acids is 1. The lowest BCUT2D eigenvalue weighted by Crippen LogP contribution is -2.43. The van der Waals surface area contributed by atoms with E-state index >= 15 is 0 Å². The zero-order chi connectivity index (χ0) is 14.0. The van der Waals surface area contributed by atoms with Crippen molar-refractivity contribution in [3.8, 4) is 0 Å². The number of carbonyl (C=O) groups is 1. The lowest BCUT2D eigenvalue weighted by Gasteiger charge is -2.20. The van der Waals surface area contributed by atoms with Crippen molar-refractivity contribution in [1.29, 1.82) is 0 Å². The molecule has 5 nitrogen and oxygen atoms in total. The molecular weight excluding hydrogens is 260 g/mol. The molecule has 0 aliphatic carbocycles. The molecule has 2 aromatic rings. The van der Waals surface area contributed by atoms with Crippen LogP contribution in [-0.2, 0) is 4.79 Å². The molecule has 0 radical (unpaired) electrons. The van der Waals surface area contributed by atoms with Gasteiger partial charge in [-0.05, 0) is 39.0 Å². The number of nitrogens with zero attached hydrogens (tertiary/aromatic N) is 1. The molecule has 0 atom stereocenters. The van der Waals surface area contributed by atoms with Gasteiger partial charge >= 0.3 is 0 Å². The Hall–Kier alpha value is -1.82. The number of rotatable bonds is 3. The molecule has 102 valence electrons. The van der Waals surface area contributed by atoms with Crippen LogP contribution in [0.25, 0.3) is 10.2 Å². The number of fused-ring (bicyclic) bond motifs is 1. The first-order valence-corrected chi connectivity index (χ1v) is 6.86. The fourth-order valence-corrected chi connectivity index (χ4v) is 2.55. The second-order valence-electron chi connectivity index (χ2n) is 5.40. The minimum Gasteiger partial charge on any atom is -0.399 e. The third kappa shape index (κ3) is 3.82. The molecule has 1 heterocycles. The van der Waals surface area contributed by atoms with Crippen LogP contribution in [0.1, 0.15) is 20.8 Å². The van der Waals surface area contributed by atoms with E-state index in [-0.39, 0.29) is 18.0 Å². The summed E-state index contributed by atoms with van der Waals surface area (Å²) < 4.78 is 1.01. The number of nitrogen functional groups attached to an aromatic ring is 1. The van der Waals surface area contributed by atoms with E-state index in [2.05, 4.69) is 15.6 Å². The topological polar surface area (TPSA) is 80.0 Å². The average molecular weight is 278 g/mol. The molecule has 0 saturated carbocycles. The summed E-state index contributed by atoms with van der Waals surface area (Å²) in [7, 11) is 0. The fraction of sp³-hybridized carbons (Fsp3) is 0.385. The predicted octanol–water partition coefficient (Wildman–Crippen LogP) is 2.21. The van der Waals surface area contributed by atoms with Gasteiger partial charge in [0.25, 0.3) is 0 Å². The van der Waals surface area contributed by atoms with Crippen LogP contribution in [0.15, 0.2) is 18.2 Å². The maximum absolute atomic E-state index is 11.7. The van der Waals surface area contributed by atoms with E-state index in [4.69, 9.17) is 5.73 Å². The van der Waals surface area contributed by atoms with Crippen LogP contribution >= 0.6 is 11.3 Å². The van der Waals surface area contributed by atoms with Gasteiger partial charge in [-0.1, -0.05) is 11.3 Å². The highest BCUT2D eigenvalue weighted by Crippen LogP contribution is 2.27. The molecule has 1 aromatic heterocycles. The van der Waals surface area contributed by atoms with E-state index in [0.717, 1.165) is 15.3 Å². The van der Waals surface area contributed by atoms with Crippen molar-refractivity contribution in [3.05, 3.63) is 18.2 Å². The Bertz CT molecular complexity index is 600. The molecule has 1 amide bonds. The number of anilines is 2. The first kappa shape index (κ1) is 13.6. The summed E-state index contributed by atoms with van der Waals surface area (Å²) in [6.07, 6.45) is 0. The van der Waals surface area contributed by atoms with Gasteiger partial charge in [0, 0.05) is 11.2 Å². The van der Waals surface area contributed by atoms with E-state index in [1.807, 2.05) is 39.0 Å². The number of thiazole rings is 1. The van der Waals surface area contributed by atoms with Crippen molar-refractivity contribution in [1.82, 2.24) is 10.3 Å². The normalized spacial score (nSPS) is 11.5. The summed E-state index contributed by atoms with van der Waals surface area (Å²) in [6.45, 7) is 6.06. The summed E-state index contributed by atoms with van der Waals surface area (Å²) in [4.78, 5) is 16.1. The van der Waals surface area contributed by atoms with Gasteiger partial charge in [0.05, 0.1) is 16.8 Å². The molecule has 1 aromatic carbocycles. The highest BCUT2D eigenvalue weighted by atomic mass is 32.1. The van der Waals surface area contributed by atoms with Gasteiger partial charge in [-0.3, -0.25) is 4.79 Å². The molecular formula is C13H18N4OS. The van der Waals surface area contributed by atoms with Crippen LogP contribution in [-0.4, -0.2) is 23.0 Å². The van der Waals surface area contributed by atoms with Gasteiger partial charge in [0.1, 0.15) is 0 Å². The van der Waals surface area contributed by atoms with Crippen LogP contribution in [0.5, 0.6) is 0 Å². The number of benzene rings is 1. The Morgan fingerprint density at radius 3 is 2.84 bits per heavy atom. The molecule has 2 rings (SSSR count). The largest absolute Gasteiger partial charge is 0.399 e. The van der Waals surface area contributed by atoms with Gasteiger partial charge in [0.2, 0.25) is 5.91 Å². The van der Waals surface area contributed by atoms with Crippen LogP contribution in [0.4, 0.5) is 10.8 Å². The van der Waals surface area contributed by atoms with E-state index in [1.54, 1.807) is 0 Å². The SMILES string of the molecule is CC(C)(C)NC(=O)CNc1nc2ccc(N)cc2s1. The maximum atomic E-state index is 11.7. The standard InChI is InChI=1S/C13H18N4OS/c1-13(2,3)17-11(18)7-15-12-16-9-5-4-8(14)6-10(9)19-12/h4-6H,7,14H2,1-3H3,(H,15,16)(H,17,18). The minimum atomic E-state index is -0.221. The molecule has 0 spiro atoms. The first-order chi connectivity index (χ1) is 8.83. The molecule has 0 unspecified atom stereocenters. The fourth-order valence-electron chi connectivity index (χ4n) is 1.64. The summed E-state index contributed by atoms with van der Waals surface area (Å²) in [6, 6.07) is 5.58. The summed E-state index contributed by atoms with van der Waals surface area (Å²) in [5.41, 5.74) is 7.10. The zero-order valence-electron chi connectivity index (χ0n) is 11.3. The van der Waals surface area contributed by atoms with Crippen LogP contribution in [0.3, 0.4) is 0 Å². The third-order valence-corrected chi connectivity index (χ3v) is 3.30. The van der Waals surface area contributed by atoms with Crippen molar-refractivity contribution < 1.29 is 4.79 Å². The Balaban J connectivity index is 2.00. The summed E-state index contributed by atoms with van der Waals surface area (Å²) >= 11 is 1.49. The molecule has 0 bridgehead atoms. The van der Waals surface area contributed by atoms with Crippen LogP contribution in [0.2, 0.25) is 0 Å². The molecule has 0 aliphatic rings. The minimum absolute atomic E-state index is 0.0497. The Morgan fingerprint density at radius 1 is 1.42 bits per heavy atom. The van der Waals surface area contributed by atoms with Crippen LogP contribution < -0.4 is 16.4 Å². The lowest BCUT2D eigenvalue weighted by molar-refractivity contribution is -0.120. The highest BCUT2D eigenvalue weighted by molar-refractivity contribution is 7.22. The van der Waals surface area contributed by atoms with Gasteiger partial charge < -0.3 is 16.4 Å². The smallest absolute Gasteiger partial charge is 0.239 e. The molecule has 4 N–H and O–H groups in total. The number of nitrogens with two attached hydrogens (primary N) is 1. The second-order valence-corrected chi connectivity index (χ2v) is 6.43. The van der Waals surface area contributed by atoms with E-state index in [1.165, 1.54) is 11.3 Å². The van der Waals surface area contributed by atoms with Gasteiger partial charge in [-0.2, -0.15) is 0 Å². The average Bonchev–Trinajstić information content (AvgIpc) is 2.66.